The average Bonchev–Trinajstić information content (AvgIpc) is 2.95. The van der Waals surface area contributed by atoms with E-state index in [0.717, 1.165) is 50.5 Å². The average molecular weight is 305 g/mol. The van der Waals surface area contributed by atoms with Crippen molar-refractivity contribution in [3.63, 3.8) is 0 Å². The van der Waals surface area contributed by atoms with Gasteiger partial charge in [-0.1, -0.05) is 25.0 Å². The molecule has 2 rings (SSSR count). The van der Waals surface area contributed by atoms with Crippen LogP contribution in [-0.2, 0) is 11.2 Å². The van der Waals surface area contributed by atoms with Crippen LogP contribution < -0.4 is 11.1 Å². The number of nitro groups is 1. The molecule has 6 nitrogen and oxygen atoms in total. The smallest absolute Gasteiger partial charge is 0.269 e. The quantitative estimate of drug-likeness (QED) is 0.459. The summed E-state index contributed by atoms with van der Waals surface area (Å²) in [7, 11) is 0. The first-order valence-electron chi connectivity index (χ1n) is 7.82. The Bertz CT molecular complexity index is 522. The number of nitrogens with one attached hydrogen (secondary N) is 1. The molecule has 1 aromatic rings. The highest BCUT2D eigenvalue weighted by atomic mass is 16.6. The fourth-order valence-corrected chi connectivity index (χ4v) is 2.85. The molecule has 1 aromatic carbocycles. The molecule has 1 aliphatic rings. The largest absolute Gasteiger partial charge is 0.355 e. The third-order valence-electron chi connectivity index (χ3n) is 4.27. The summed E-state index contributed by atoms with van der Waals surface area (Å²) >= 11 is 0. The second-order valence-electron chi connectivity index (χ2n) is 6.00. The zero-order valence-corrected chi connectivity index (χ0v) is 12.7. The van der Waals surface area contributed by atoms with E-state index in [-0.39, 0.29) is 11.6 Å². The van der Waals surface area contributed by atoms with Crippen molar-refractivity contribution in [3.05, 3.63) is 39.9 Å². The lowest BCUT2D eigenvalue weighted by Crippen LogP contribution is -2.52. The van der Waals surface area contributed by atoms with Crippen molar-refractivity contribution < 1.29 is 9.72 Å². The summed E-state index contributed by atoms with van der Waals surface area (Å²) in [5, 5.41) is 13.5. The molecule has 0 unspecified atom stereocenters. The van der Waals surface area contributed by atoms with Crippen LogP contribution in [0.1, 0.15) is 44.1 Å². The topological polar surface area (TPSA) is 98.3 Å². The first kappa shape index (κ1) is 16.4. The van der Waals surface area contributed by atoms with Crippen LogP contribution in [0.25, 0.3) is 0 Å². The molecule has 3 N–H and O–H groups in total. The van der Waals surface area contributed by atoms with Crippen LogP contribution in [0.3, 0.4) is 0 Å². The molecule has 0 spiro atoms. The second-order valence-corrected chi connectivity index (χ2v) is 6.00. The van der Waals surface area contributed by atoms with Crippen molar-refractivity contribution in [2.75, 3.05) is 6.54 Å². The number of hydrogen-bond donors (Lipinski definition) is 2. The highest BCUT2D eigenvalue weighted by molar-refractivity contribution is 5.86. The molecule has 0 heterocycles. The Kier molecular flexibility index (Phi) is 5.49. The van der Waals surface area contributed by atoms with Crippen LogP contribution >= 0.6 is 0 Å². The lowest BCUT2D eigenvalue weighted by atomic mass is 9.98. The van der Waals surface area contributed by atoms with Gasteiger partial charge in [0.2, 0.25) is 5.91 Å². The number of nitrogens with zero attached hydrogens (tertiary/aromatic N) is 1. The Morgan fingerprint density at radius 1 is 1.23 bits per heavy atom. The lowest BCUT2D eigenvalue weighted by Gasteiger charge is -2.22. The van der Waals surface area contributed by atoms with Crippen molar-refractivity contribution in [1.82, 2.24) is 5.32 Å². The molecular weight excluding hydrogens is 282 g/mol. The van der Waals surface area contributed by atoms with E-state index in [4.69, 9.17) is 5.73 Å². The molecule has 0 atom stereocenters. The minimum Gasteiger partial charge on any atom is -0.355 e. The second kappa shape index (κ2) is 7.35. The first-order chi connectivity index (χ1) is 10.5. The van der Waals surface area contributed by atoms with Gasteiger partial charge < -0.3 is 11.1 Å². The van der Waals surface area contributed by atoms with Gasteiger partial charge in [0.15, 0.2) is 0 Å². The zero-order valence-electron chi connectivity index (χ0n) is 12.7. The number of carbonyl (C=O) groups excluding carboxylic acids is 1. The summed E-state index contributed by atoms with van der Waals surface area (Å²) in [5.41, 5.74) is 6.61. The van der Waals surface area contributed by atoms with Gasteiger partial charge in [0, 0.05) is 18.7 Å². The maximum absolute atomic E-state index is 12.0. The van der Waals surface area contributed by atoms with E-state index >= 15 is 0 Å². The van der Waals surface area contributed by atoms with Crippen LogP contribution in [0, 0.1) is 10.1 Å². The summed E-state index contributed by atoms with van der Waals surface area (Å²) in [5.74, 6) is -0.0275. The van der Waals surface area contributed by atoms with E-state index in [1.807, 2.05) is 0 Å². The van der Waals surface area contributed by atoms with Gasteiger partial charge in [0.25, 0.3) is 5.69 Å². The van der Waals surface area contributed by atoms with E-state index < -0.39 is 10.5 Å². The molecule has 120 valence electrons. The SMILES string of the molecule is NC1(C(=O)NCCCCc2ccc([N+](=O)[O-])cc2)CCCC1. The molecule has 1 saturated carbocycles. The van der Waals surface area contributed by atoms with Gasteiger partial charge in [0.05, 0.1) is 10.5 Å². The molecule has 6 heteroatoms. The Balaban J connectivity index is 1.65. The van der Waals surface area contributed by atoms with Gasteiger partial charge >= 0.3 is 0 Å². The van der Waals surface area contributed by atoms with Crippen LogP contribution in [0.15, 0.2) is 24.3 Å². The van der Waals surface area contributed by atoms with Gasteiger partial charge in [-0.15, -0.1) is 0 Å². The summed E-state index contributed by atoms with van der Waals surface area (Å²) in [6.45, 7) is 0.630. The van der Waals surface area contributed by atoms with Gasteiger partial charge in [-0.05, 0) is 37.7 Å². The lowest BCUT2D eigenvalue weighted by molar-refractivity contribution is -0.384. The highest BCUT2D eigenvalue weighted by Gasteiger charge is 2.36. The van der Waals surface area contributed by atoms with Crippen molar-refractivity contribution in [2.24, 2.45) is 5.73 Å². The third-order valence-corrected chi connectivity index (χ3v) is 4.27. The molecular formula is C16H23N3O3. The summed E-state index contributed by atoms with van der Waals surface area (Å²) in [6, 6.07) is 6.61. The van der Waals surface area contributed by atoms with Crippen LogP contribution in [0.4, 0.5) is 5.69 Å². The van der Waals surface area contributed by atoms with Crippen molar-refractivity contribution in [2.45, 2.75) is 50.5 Å². The fraction of sp³-hybridized carbons (Fsp3) is 0.562. The number of hydrogen-bond acceptors (Lipinski definition) is 4. The zero-order chi connectivity index (χ0) is 16.0. The number of non-ortho nitro benzene ring substituents is 1. The molecule has 1 aliphatic carbocycles. The van der Waals surface area contributed by atoms with Crippen LogP contribution in [0.5, 0.6) is 0 Å². The van der Waals surface area contributed by atoms with E-state index in [9.17, 15) is 14.9 Å². The Morgan fingerprint density at radius 3 is 2.45 bits per heavy atom. The van der Waals surface area contributed by atoms with Crippen molar-refractivity contribution in [1.29, 1.82) is 0 Å². The number of rotatable bonds is 7. The maximum Gasteiger partial charge on any atom is 0.269 e. The Labute approximate surface area is 130 Å². The number of nitrogens with two attached hydrogens (primary N) is 1. The molecule has 1 amide bonds. The monoisotopic (exact) mass is 305 g/mol. The standard InChI is InChI=1S/C16H23N3O3/c17-16(10-2-3-11-16)15(20)18-12-4-1-5-13-6-8-14(9-7-13)19(21)22/h6-9H,1-5,10-12,17H2,(H,18,20). The first-order valence-corrected chi connectivity index (χ1v) is 7.82. The van der Waals surface area contributed by atoms with Gasteiger partial charge in [-0.2, -0.15) is 0 Å². The van der Waals surface area contributed by atoms with E-state index in [2.05, 4.69) is 5.32 Å². The van der Waals surface area contributed by atoms with Crippen molar-refractivity contribution >= 4 is 11.6 Å². The fourth-order valence-electron chi connectivity index (χ4n) is 2.85. The summed E-state index contributed by atoms with van der Waals surface area (Å²) < 4.78 is 0. The highest BCUT2D eigenvalue weighted by Crippen LogP contribution is 2.27. The number of unbranched alkanes of at least 4 members (excludes halogenated alkanes) is 1. The maximum atomic E-state index is 12.0. The van der Waals surface area contributed by atoms with E-state index in [0.29, 0.717) is 6.54 Å². The number of benzene rings is 1. The third kappa shape index (κ3) is 4.27. The predicted molar refractivity (Wildman–Crippen MR) is 84.4 cm³/mol. The summed E-state index contributed by atoms with van der Waals surface area (Å²) in [4.78, 5) is 22.2. The molecule has 1 fully saturated rings. The minimum absolute atomic E-state index is 0.0275. The number of nitro benzene ring substituents is 1. The molecule has 22 heavy (non-hydrogen) atoms. The van der Waals surface area contributed by atoms with Gasteiger partial charge in [0.1, 0.15) is 0 Å². The number of carbonyl (C=O) groups is 1. The molecule has 0 bridgehead atoms. The molecule has 0 saturated heterocycles. The predicted octanol–water partition coefficient (Wildman–Crippen LogP) is 2.31. The van der Waals surface area contributed by atoms with E-state index in [1.54, 1.807) is 12.1 Å². The normalized spacial score (nSPS) is 16.4. The van der Waals surface area contributed by atoms with E-state index in [1.165, 1.54) is 12.1 Å². The molecule has 0 aromatic heterocycles. The Hall–Kier alpha value is -1.95. The molecule has 0 aliphatic heterocycles. The number of aryl methyl sites for hydroxylation is 1. The Morgan fingerprint density at radius 2 is 1.86 bits per heavy atom. The number of amides is 1. The molecule has 0 radical (unpaired) electrons. The summed E-state index contributed by atoms with van der Waals surface area (Å²) in [6.07, 6.45) is 6.27. The van der Waals surface area contributed by atoms with Crippen LogP contribution in [-0.4, -0.2) is 22.9 Å². The van der Waals surface area contributed by atoms with Gasteiger partial charge in [-0.3, -0.25) is 14.9 Å². The van der Waals surface area contributed by atoms with Crippen molar-refractivity contribution in [3.8, 4) is 0 Å². The van der Waals surface area contributed by atoms with Crippen LogP contribution in [0.2, 0.25) is 0 Å². The minimum atomic E-state index is -0.654. The van der Waals surface area contributed by atoms with Gasteiger partial charge in [-0.25, -0.2) is 0 Å².